The maximum atomic E-state index is 6.00. The Morgan fingerprint density at radius 3 is 2.67 bits per heavy atom. The summed E-state index contributed by atoms with van der Waals surface area (Å²) in [4.78, 5) is 4.73. The molecule has 1 heterocycles. The fourth-order valence-corrected chi connectivity index (χ4v) is 2.42. The van der Waals surface area contributed by atoms with Gasteiger partial charge in [0.1, 0.15) is 18.1 Å². The van der Waals surface area contributed by atoms with Gasteiger partial charge in [-0.15, -0.1) is 0 Å². The molecule has 0 aliphatic rings. The first-order valence-corrected chi connectivity index (χ1v) is 6.46. The molecule has 1 aromatic heterocycles. The summed E-state index contributed by atoms with van der Waals surface area (Å²) in [6.07, 6.45) is 2.15. The van der Waals surface area contributed by atoms with E-state index in [4.69, 9.17) is 15.5 Å². The second-order valence-corrected chi connectivity index (χ2v) is 4.54. The van der Waals surface area contributed by atoms with Gasteiger partial charge < -0.3 is 15.0 Å². The van der Waals surface area contributed by atoms with Crippen molar-refractivity contribution in [2.45, 2.75) is 39.3 Å². The molecule has 0 saturated carbocycles. The number of rotatable bonds is 5. The summed E-state index contributed by atoms with van der Waals surface area (Å²) >= 11 is 0. The Morgan fingerprint density at radius 1 is 1.33 bits per heavy atom. The molecule has 0 atom stereocenters. The molecule has 98 valence electrons. The Hall–Kier alpha value is -1.55. The second-order valence-electron chi connectivity index (χ2n) is 4.54. The molecule has 2 rings (SSSR count). The van der Waals surface area contributed by atoms with E-state index < -0.39 is 0 Å². The van der Waals surface area contributed by atoms with Crippen LogP contribution in [0.25, 0.3) is 11.0 Å². The highest BCUT2D eigenvalue weighted by Gasteiger charge is 2.18. The summed E-state index contributed by atoms with van der Waals surface area (Å²) in [6, 6.07) is 5.90. The Balaban J connectivity index is 2.64. The molecule has 1 aromatic carbocycles. The highest BCUT2D eigenvalue weighted by atomic mass is 16.5. The van der Waals surface area contributed by atoms with Gasteiger partial charge in [0.15, 0.2) is 0 Å². The number of fused-ring (bicyclic) bond motifs is 1. The summed E-state index contributed by atoms with van der Waals surface area (Å²) in [5.41, 5.74) is 8.67. The molecule has 0 bridgehead atoms. The van der Waals surface area contributed by atoms with Crippen LogP contribution >= 0.6 is 0 Å². The summed E-state index contributed by atoms with van der Waals surface area (Å²) < 4.78 is 7.42. The van der Waals surface area contributed by atoms with Gasteiger partial charge in [0.25, 0.3) is 0 Å². The van der Waals surface area contributed by atoms with E-state index in [1.165, 1.54) is 0 Å². The van der Waals surface area contributed by atoms with E-state index in [0.717, 1.165) is 35.4 Å². The molecular weight excluding hydrogens is 226 g/mol. The third kappa shape index (κ3) is 2.08. The van der Waals surface area contributed by atoms with Gasteiger partial charge >= 0.3 is 0 Å². The van der Waals surface area contributed by atoms with Gasteiger partial charge in [-0.3, -0.25) is 0 Å². The minimum Gasteiger partial charge on any atom is -0.397 e. The van der Waals surface area contributed by atoms with Crippen LogP contribution in [0.15, 0.2) is 18.2 Å². The summed E-state index contributed by atoms with van der Waals surface area (Å²) in [5, 5.41) is 0. The number of nitrogen functional groups attached to an aromatic ring is 1. The molecule has 0 amide bonds. The third-order valence-electron chi connectivity index (χ3n) is 3.45. The number of methoxy groups -OCH3 is 1. The monoisotopic (exact) mass is 247 g/mol. The van der Waals surface area contributed by atoms with Gasteiger partial charge in [-0.1, -0.05) is 19.9 Å². The first-order valence-electron chi connectivity index (χ1n) is 6.46. The molecule has 0 unspecified atom stereocenters. The van der Waals surface area contributed by atoms with E-state index in [9.17, 15) is 0 Å². The molecule has 18 heavy (non-hydrogen) atoms. The quantitative estimate of drug-likeness (QED) is 0.826. The number of anilines is 1. The van der Waals surface area contributed by atoms with Crippen molar-refractivity contribution < 1.29 is 4.74 Å². The number of para-hydroxylation sites is 1. The largest absolute Gasteiger partial charge is 0.397 e. The Labute approximate surface area is 108 Å². The third-order valence-corrected chi connectivity index (χ3v) is 3.45. The number of aromatic nitrogens is 2. The lowest BCUT2D eigenvalue weighted by Crippen LogP contribution is -2.09. The Kier molecular flexibility index (Phi) is 3.87. The number of benzene rings is 1. The molecule has 4 nitrogen and oxygen atoms in total. The van der Waals surface area contributed by atoms with Crippen LogP contribution in [-0.2, 0) is 11.5 Å². The zero-order valence-electron chi connectivity index (χ0n) is 11.3. The smallest absolute Gasteiger partial charge is 0.124 e. The fraction of sp³-hybridized carbons (Fsp3) is 0.500. The molecule has 4 heteroatoms. The Morgan fingerprint density at radius 2 is 2.06 bits per heavy atom. The van der Waals surface area contributed by atoms with Crippen LogP contribution < -0.4 is 5.73 Å². The maximum absolute atomic E-state index is 6.00. The van der Waals surface area contributed by atoms with Gasteiger partial charge in [0, 0.05) is 13.0 Å². The van der Waals surface area contributed by atoms with E-state index in [0.29, 0.717) is 12.6 Å². The number of nitrogens with zero attached hydrogens (tertiary/aromatic N) is 2. The number of ether oxygens (including phenoxy) is 1. The van der Waals surface area contributed by atoms with Crippen LogP contribution in [0.5, 0.6) is 0 Å². The molecular formula is C14H21N3O. The topological polar surface area (TPSA) is 53.1 Å². The van der Waals surface area contributed by atoms with Gasteiger partial charge in [0.05, 0.1) is 11.2 Å². The minimum atomic E-state index is 0.451. The standard InChI is InChI=1S/C14H21N3O/c1-4-10(5-2)14-16-13-11(15)7-6-8-12(13)17(14)9-18-3/h6-8,10H,4-5,9,15H2,1-3H3. The van der Waals surface area contributed by atoms with E-state index in [-0.39, 0.29) is 0 Å². The number of nitrogens with two attached hydrogens (primary N) is 1. The lowest BCUT2D eigenvalue weighted by Gasteiger charge is -2.14. The van der Waals surface area contributed by atoms with Crippen molar-refractivity contribution in [3.05, 3.63) is 24.0 Å². The molecule has 0 radical (unpaired) electrons. The summed E-state index contributed by atoms with van der Waals surface area (Å²) in [5.74, 6) is 1.53. The fourth-order valence-electron chi connectivity index (χ4n) is 2.42. The summed E-state index contributed by atoms with van der Waals surface area (Å²) in [6.45, 7) is 4.90. The molecule has 0 fully saturated rings. The van der Waals surface area contributed by atoms with Crippen LogP contribution in [0.1, 0.15) is 38.4 Å². The van der Waals surface area contributed by atoms with Gasteiger partial charge in [-0.25, -0.2) is 4.98 Å². The van der Waals surface area contributed by atoms with Gasteiger partial charge in [-0.2, -0.15) is 0 Å². The lowest BCUT2D eigenvalue weighted by atomic mass is 10.0. The van der Waals surface area contributed by atoms with E-state index in [2.05, 4.69) is 18.4 Å². The minimum absolute atomic E-state index is 0.451. The van der Waals surface area contributed by atoms with Crippen LogP contribution in [0.2, 0.25) is 0 Å². The highest BCUT2D eigenvalue weighted by Crippen LogP contribution is 2.29. The molecule has 2 N–H and O–H groups in total. The molecule has 0 aliphatic carbocycles. The van der Waals surface area contributed by atoms with Crippen molar-refractivity contribution in [1.29, 1.82) is 0 Å². The molecule has 2 aromatic rings. The average Bonchev–Trinajstić information content (AvgIpc) is 2.73. The van der Waals surface area contributed by atoms with Gasteiger partial charge in [0.2, 0.25) is 0 Å². The molecule has 0 spiro atoms. The zero-order chi connectivity index (χ0) is 13.1. The van der Waals surface area contributed by atoms with E-state index in [1.807, 2.05) is 18.2 Å². The van der Waals surface area contributed by atoms with Crippen molar-refractivity contribution >= 4 is 16.7 Å². The predicted molar refractivity (Wildman–Crippen MR) is 74.5 cm³/mol. The number of hydrogen-bond acceptors (Lipinski definition) is 3. The van der Waals surface area contributed by atoms with Crippen molar-refractivity contribution in [2.24, 2.45) is 0 Å². The van der Waals surface area contributed by atoms with Crippen LogP contribution in [0, 0.1) is 0 Å². The number of imidazole rings is 1. The van der Waals surface area contributed by atoms with E-state index in [1.54, 1.807) is 7.11 Å². The lowest BCUT2D eigenvalue weighted by molar-refractivity contribution is 0.130. The second kappa shape index (κ2) is 5.40. The highest BCUT2D eigenvalue weighted by molar-refractivity contribution is 5.87. The molecule has 0 aliphatic heterocycles. The normalized spacial score (nSPS) is 11.6. The van der Waals surface area contributed by atoms with Crippen molar-refractivity contribution in [3.63, 3.8) is 0 Å². The Bertz CT molecular complexity index is 529. The first-order chi connectivity index (χ1) is 8.72. The predicted octanol–water partition coefficient (Wildman–Crippen LogP) is 3.13. The maximum Gasteiger partial charge on any atom is 0.124 e. The van der Waals surface area contributed by atoms with Gasteiger partial charge in [-0.05, 0) is 25.0 Å². The van der Waals surface area contributed by atoms with E-state index >= 15 is 0 Å². The van der Waals surface area contributed by atoms with Crippen LogP contribution in [0.3, 0.4) is 0 Å². The number of hydrogen-bond donors (Lipinski definition) is 1. The summed E-state index contributed by atoms with van der Waals surface area (Å²) in [7, 11) is 1.70. The first kappa shape index (κ1) is 12.9. The van der Waals surface area contributed by atoms with Crippen molar-refractivity contribution in [2.75, 3.05) is 12.8 Å². The van der Waals surface area contributed by atoms with Crippen LogP contribution in [0.4, 0.5) is 5.69 Å². The SMILES string of the molecule is CCC(CC)c1nc2c(N)cccc2n1COC. The van der Waals surface area contributed by atoms with Crippen LogP contribution in [-0.4, -0.2) is 16.7 Å². The average molecular weight is 247 g/mol. The van der Waals surface area contributed by atoms with Crippen molar-refractivity contribution in [1.82, 2.24) is 9.55 Å². The molecule has 0 saturated heterocycles. The zero-order valence-corrected chi connectivity index (χ0v) is 11.3. The van der Waals surface area contributed by atoms with Crippen molar-refractivity contribution in [3.8, 4) is 0 Å².